The van der Waals surface area contributed by atoms with Crippen molar-refractivity contribution >= 4 is 11.3 Å². The van der Waals surface area contributed by atoms with E-state index in [1.807, 2.05) is 30.2 Å². The molecule has 0 atom stereocenters. The average Bonchev–Trinajstić information content (AvgIpc) is 3.24. The highest BCUT2D eigenvalue weighted by atomic mass is 32.1. The van der Waals surface area contributed by atoms with Crippen LogP contribution in [0, 0.1) is 0 Å². The molecule has 2 aromatic heterocycles. The van der Waals surface area contributed by atoms with E-state index in [1.54, 1.807) is 18.4 Å². The van der Waals surface area contributed by atoms with Crippen molar-refractivity contribution in [3.05, 3.63) is 52.2 Å². The topological polar surface area (TPSA) is 43.2 Å². The van der Waals surface area contributed by atoms with Gasteiger partial charge in [-0.25, -0.2) is 4.98 Å². The quantitative estimate of drug-likeness (QED) is 0.622. The molecule has 5 nitrogen and oxygen atoms in total. The molecule has 3 rings (SSSR count). The third-order valence-electron chi connectivity index (χ3n) is 4.23. The molecule has 6 heteroatoms. The van der Waals surface area contributed by atoms with Gasteiger partial charge < -0.3 is 4.74 Å². The van der Waals surface area contributed by atoms with Crippen molar-refractivity contribution in [2.24, 2.45) is 7.05 Å². The summed E-state index contributed by atoms with van der Waals surface area (Å²) >= 11 is 1.75. The van der Waals surface area contributed by atoms with E-state index in [-0.39, 0.29) is 0 Å². The number of hydrogen-bond donors (Lipinski definition) is 0. The highest BCUT2D eigenvalue weighted by Gasteiger charge is 2.12. The lowest BCUT2D eigenvalue weighted by molar-refractivity contribution is 0.315. The molecule has 26 heavy (non-hydrogen) atoms. The van der Waals surface area contributed by atoms with E-state index < -0.39 is 0 Å². The predicted octanol–water partition coefficient (Wildman–Crippen LogP) is 4.31. The van der Waals surface area contributed by atoms with Gasteiger partial charge in [0, 0.05) is 48.8 Å². The van der Waals surface area contributed by atoms with Gasteiger partial charge in [0.2, 0.25) is 0 Å². The molecule has 0 aliphatic heterocycles. The summed E-state index contributed by atoms with van der Waals surface area (Å²) in [7, 11) is 5.75. The maximum absolute atomic E-state index is 5.53. The fourth-order valence-electron chi connectivity index (χ4n) is 2.94. The van der Waals surface area contributed by atoms with Crippen LogP contribution >= 0.6 is 11.3 Å². The summed E-state index contributed by atoms with van der Waals surface area (Å²) in [4.78, 5) is 7.02. The van der Waals surface area contributed by atoms with Crippen LogP contribution in [0.5, 0.6) is 5.75 Å². The van der Waals surface area contributed by atoms with Crippen molar-refractivity contribution in [3.8, 4) is 16.9 Å². The van der Waals surface area contributed by atoms with E-state index in [1.165, 1.54) is 10.6 Å². The molecule has 0 aliphatic carbocycles. The maximum Gasteiger partial charge on any atom is 0.126 e. The van der Waals surface area contributed by atoms with E-state index in [0.717, 1.165) is 35.7 Å². The van der Waals surface area contributed by atoms with Crippen LogP contribution in [0.25, 0.3) is 11.1 Å². The molecule has 0 bridgehead atoms. The van der Waals surface area contributed by atoms with Gasteiger partial charge in [-0.2, -0.15) is 5.10 Å². The molecule has 0 amide bonds. The Morgan fingerprint density at radius 3 is 2.69 bits per heavy atom. The molecular formula is C20H26N4OS. The van der Waals surface area contributed by atoms with Crippen LogP contribution < -0.4 is 4.74 Å². The minimum atomic E-state index is 0.489. The fourth-order valence-corrected chi connectivity index (χ4v) is 3.77. The minimum absolute atomic E-state index is 0.489. The summed E-state index contributed by atoms with van der Waals surface area (Å²) in [6, 6.07) is 6.34. The molecule has 0 N–H and O–H groups in total. The standard InChI is InChI=1S/C20H26N4OS/c1-14(2)20-22-17(13-26-20)12-23(3)10-15-6-7-19(25-5)18(8-15)16-9-21-24(4)11-16/h6-9,11,13-14H,10,12H2,1-5H3. The third kappa shape index (κ3) is 4.31. The maximum atomic E-state index is 5.53. The molecule has 2 heterocycles. The monoisotopic (exact) mass is 370 g/mol. The van der Waals surface area contributed by atoms with E-state index in [0.29, 0.717) is 5.92 Å². The van der Waals surface area contributed by atoms with Gasteiger partial charge in [0.15, 0.2) is 0 Å². The van der Waals surface area contributed by atoms with Gasteiger partial charge in [-0.05, 0) is 24.7 Å². The third-order valence-corrected chi connectivity index (χ3v) is 5.42. The molecule has 0 saturated heterocycles. The zero-order chi connectivity index (χ0) is 18.7. The Hall–Kier alpha value is -2.18. The lowest BCUT2D eigenvalue weighted by atomic mass is 10.0. The second-order valence-electron chi connectivity index (χ2n) is 6.94. The van der Waals surface area contributed by atoms with Gasteiger partial charge in [0.1, 0.15) is 5.75 Å². The van der Waals surface area contributed by atoms with Crippen LogP contribution in [-0.2, 0) is 20.1 Å². The van der Waals surface area contributed by atoms with Gasteiger partial charge in [0.25, 0.3) is 0 Å². The van der Waals surface area contributed by atoms with E-state index >= 15 is 0 Å². The Morgan fingerprint density at radius 2 is 2.08 bits per heavy atom. The SMILES string of the molecule is COc1ccc(CN(C)Cc2csc(C(C)C)n2)cc1-c1cnn(C)c1. The van der Waals surface area contributed by atoms with Crippen molar-refractivity contribution < 1.29 is 4.74 Å². The lowest BCUT2D eigenvalue weighted by Gasteiger charge is -2.17. The van der Waals surface area contributed by atoms with Crippen molar-refractivity contribution in [3.63, 3.8) is 0 Å². The van der Waals surface area contributed by atoms with E-state index in [2.05, 4.69) is 48.4 Å². The second-order valence-corrected chi connectivity index (χ2v) is 7.83. The summed E-state index contributed by atoms with van der Waals surface area (Å²) in [5.74, 6) is 1.35. The van der Waals surface area contributed by atoms with Crippen LogP contribution in [0.2, 0.25) is 0 Å². The molecule has 138 valence electrons. The van der Waals surface area contributed by atoms with Crippen LogP contribution in [0.1, 0.15) is 36.0 Å². The molecule has 0 unspecified atom stereocenters. The summed E-state index contributed by atoms with van der Waals surface area (Å²) in [6.07, 6.45) is 3.88. The molecule has 0 radical (unpaired) electrons. The Morgan fingerprint density at radius 1 is 1.27 bits per heavy atom. The number of thiazole rings is 1. The van der Waals surface area contributed by atoms with Gasteiger partial charge in [0.05, 0.1) is 24.0 Å². The smallest absolute Gasteiger partial charge is 0.126 e. The number of ether oxygens (including phenoxy) is 1. The first-order chi connectivity index (χ1) is 12.5. The predicted molar refractivity (Wildman–Crippen MR) is 107 cm³/mol. The van der Waals surface area contributed by atoms with Crippen LogP contribution in [0.15, 0.2) is 36.0 Å². The van der Waals surface area contributed by atoms with E-state index in [9.17, 15) is 0 Å². The summed E-state index contributed by atoms with van der Waals surface area (Å²) < 4.78 is 7.34. The van der Waals surface area contributed by atoms with Gasteiger partial charge in [-0.1, -0.05) is 19.9 Å². The van der Waals surface area contributed by atoms with Gasteiger partial charge in [-0.15, -0.1) is 11.3 Å². The van der Waals surface area contributed by atoms with Crippen molar-refractivity contribution in [1.82, 2.24) is 19.7 Å². The first-order valence-electron chi connectivity index (χ1n) is 8.75. The lowest BCUT2D eigenvalue weighted by Crippen LogP contribution is -2.17. The second kappa shape index (κ2) is 8.01. The number of hydrogen-bond acceptors (Lipinski definition) is 5. The first kappa shape index (κ1) is 18.6. The van der Waals surface area contributed by atoms with E-state index in [4.69, 9.17) is 9.72 Å². The molecular weight excluding hydrogens is 344 g/mol. The Labute approximate surface area is 159 Å². The van der Waals surface area contributed by atoms with Crippen molar-refractivity contribution in [2.75, 3.05) is 14.2 Å². The fraction of sp³-hybridized carbons (Fsp3) is 0.400. The molecule has 0 aliphatic rings. The number of aromatic nitrogens is 3. The molecule has 0 spiro atoms. The average molecular weight is 371 g/mol. The Balaban J connectivity index is 1.74. The van der Waals surface area contributed by atoms with Crippen LogP contribution in [0.4, 0.5) is 0 Å². The highest BCUT2D eigenvalue weighted by Crippen LogP contribution is 2.31. The minimum Gasteiger partial charge on any atom is -0.496 e. The zero-order valence-corrected chi connectivity index (χ0v) is 16.9. The molecule has 3 aromatic rings. The van der Waals surface area contributed by atoms with Gasteiger partial charge in [-0.3, -0.25) is 9.58 Å². The van der Waals surface area contributed by atoms with Crippen LogP contribution in [-0.4, -0.2) is 33.8 Å². The summed E-state index contributed by atoms with van der Waals surface area (Å²) in [6.45, 7) is 6.07. The molecule has 1 aromatic carbocycles. The Bertz CT molecular complexity index is 868. The number of aryl methyl sites for hydroxylation is 1. The van der Waals surface area contributed by atoms with Crippen molar-refractivity contribution in [2.45, 2.75) is 32.9 Å². The highest BCUT2D eigenvalue weighted by molar-refractivity contribution is 7.09. The number of methoxy groups -OCH3 is 1. The van der Waals surface area contributed by atoms with Crippen LogP contribution in [0.3, 0.4) is 0 Å². The number of nitrogens with zero attached hydrogens (tertiary/aromatic N) is 4. The Kier molecular flexibility index (Phi) is 5.74. The normalized spacial score (nSPS) is 11.5. The number of benzene rings is 1. The molecule has 0 saturated carbocycles. The number of rotatable bonds is 7. The molecule has 0 fully saturated rings. The summed E-state index contributed by atoms with van der Waals surface area (Å²) in [5, 5.41) is 7.65. The first-order valence-corrected chi connectivity index (χ1v) is 9.63. The van der Waals surface area contributed by atoms with Crippen molar-refractivity contribution in [1.29, 1.82) is 0 Å². The largest absolute Gasteiger partial charge is 0.496 e. The summed E-state index contributed by atoms with van der Waals surface area (Å²) in [5.41, 5.74) is 4.52. The van der Waals surface area contributed by atoms with Gasteiger partial charge >= 0.3 is 0 Å². The zero-order valence-electron chi connectivity index (χ0n) is 16.1.